The SMILES string of the molecule is CCNC(=O)O[C@H]1[C@H](C)O[C@@H](O[C@H]2[C@H](N(C)C)[C@@H](O)[C@H](O[C@H]3[C@@H](CC=O)C[C@@H](C)[C@@H](O)CN(C)CCC[C@H](C/C=C/c4cncc5ccccc45)OC(=O)C[C@@H](OC(=O)CC)[C@@H]3OC)O[C@@H]2C)C[C@@]1(C)OC(=O)CC. The summed E-state index contributed by atoms with van der Waals surface area (Å²) in [6, 6.07) is 7.08. The van der Waals surface area contributed by atoms with Crippen molar-refractivity contribution in [3.8, 4) is 0 Å². The van der Waals surface area contributed by atoms with Gasteiger partial charge >= 0.3 is 24.0 Å². The zero-order valence-corrected chi connectivity index (χ0v) is 45.8. The summed E-state index contributed by atoms with van der Waals surface area (Å²) in [7, 11) is 6.80. The molecule has 3 fully saturated rings. The molecule has 420 valence electrons. The van der Waals surface area contributed by atoms with E-state index >= 15 is 0 Å². The summed E-state index contributed by atoms with van der Waals surface area (Å²) in [6.45, 7) is 13.2. The number of cyclic esters (lactones) is 1. The molecule has 3 aliphatic heterocycles. The Morgan fingerprint density at radius 3 is 2.37 bits per heavy atom. The van der Waals surface area contributed by atoms with Crippen LogP contribution in [-0.2, 0) is 61.8 Å². The summed E-state index contributed by atoms with van der Waals surface area (Å²) < 4.78 is 56.5. The van der Waals surface area contributed by atoms with Gasteiger partial charge in [-0.1, -0.05) is 57.2 Å². The van der Waals surface area contributed by atoms with Crippen molar-refractivity contribution in [2.75, 3.05) is 47.9 Å². The number of aromatic nitrogens is 1. The highest BCUT2D eigenvalue weighted by Gasteiger charge is 2.55. The second-order valence-corrected chi connectivity index (χ2v) is 20.7. The third-order valence-electron chi connectivity index (χ3n) is 14.5. The third kappa shape index (κ3) is 16.9. The molecule has 3 N–H and O–H groups in total. The molecular weight excluding hydrogens is 973 g/mol. The monoisotopic (exact) mass is 1060 g/mol. The first-order chi connectivity index (χ1) is 35.7. The molecular formula is C55H84N4O16. The van der Waals surface area contributed by atoms with Crippen molar-refractivity contribution in [3.05, 3.63) is 48.3 Å². The van der Waals surface area contributed by atoms with Crippen molar-refractivity contribution >= 4 is 47.1 Å². The lowest BCUT2D eigenvalue weighted by Crippen LogP contribution is -2.66. The normalized spacial score (nSPS) is 33.9. The molecule has 3 saturated heterocycles. The number of likely N-dealkylation sites (N-methyl/N-ethyl adjacent to an activating group) is 2. The zero-order valence-electron chi connectivity index (χ0n) is 45.8. The van der Waals surface area contributed by atoms with E-state index in [0.29, 0.717) is 38.9 Å². The maximum absolute atomic E-state index is 14.2. The van der Waals surface area contributed by atoms with E-state index in [2.05, 4.69) is 10.3 Å². The van der Waals surface area contributed by atoms with Crippen LogP contribution in [0.25, 0.3) is 16.8 Å². The van der Waals surface area contributed by atoms with Crippen molar-refractivity contribution < 1.29 is 76.8 Å². The van der Waals surface area contributed by atoms with E-state index < -0.39 is 128 Å². The number of aldehydes is 1. The Hall–Kier alpha value is -4.64. The number of carbonyl (C=O) groups is 5. The first-order valence-electron chi connectivity index (χ1n) is 26.6. The molecule has 5 rings (SSSR count). The van der Waals surface area contributed by atoms with Gasteiger partial charge < -0.3 is 72.8 Å². The summed E-state index contributed by atoms with van der Waals surface area (Å²) in [5.74, 6) is -2.92. The maximum Gasteiger partial charge on any atom is 0.407 e. The molecule has 0 aliphatic carbocycles. The zero-order chi connectivity index (χ0) is 55.0. The van der Waals surface area contributed by atoms with Crippen LogP contribution in [-0.4, -0.2) is 188 Å². The number of carbonyl (C=O) groups excluding carboxylic acids is 5. The number of aliphatic hydroxyl groups excluding tert-OH is 2. The highest BCUT2D eigenvalue weighted by Crippen LogP contribution is 2.39. The smallest absolute Gasteiger partial charge is 0.407 e. The van der Waals surface area contributed by atoms with E-state index in [-0.39, 0.29) is 32.1 Å². The third-order valence-corrected chi connectivity index (χ3v) is 14.5. The van der Waals surface area contributed by atoms with Crippen LogP contribution in [0.2, 0.25) is 0 Å². The molecule has 0 radical (unpaired) electrons. The first-order valence-corrected chi connectivity index (χ1v) is 26.6. The predicted molar refractivity (Wildman–Crippen MR) is 277 cm³/mol. The summed E-state index contributed by atoms with van der Waals surface area (Å²) in [4.78, 5) is 73.8. The van der Waals surface area contributed by atoms with Gasteiger partial charge in [-0.3, -0.25) is 19.4 Å². The lowest BCUT2D eigenvalue weighted by atomic mass is 9.82. The predicted octanol–water partition coefficient (Wildman–Crippen LogP) is 5.36. The number of fused-ring (bicyclic) bond motifs is 1. The summed E-state index contributed by atoms with van der Waals surface area (Å²) >= 11 is 0. The minimum Gasteiger partial charge on any atom is -0.462 e. The molecule has 0 unspecified atom stereocenters. The molecule has 4 heterocycles. The molecule has 2 aromatic rings. The van der Waals surface area contributed by atoms with E-state index in [4.69, 9.17) is 42.6 Å². The van der Waals surface area contributed by atoms with Crippen LogP contribution < -0.4 is 5.32 Å². The van der Waals surface area contributed by atoms with E-state index in [1.807, 2.05) is 55.3 Å². The number of β-amino-alcohol motifs (C(OH)–C–C–N with tert-alkyl or cyclic N) is 1. The number of methoxy groups -OCH3 is 1. The Kier molecular flexibility index (Phi) is 23.8. The van der Waals surface area contributed by atoms with Gasteiger partial charge in [0.25, 0.3) is 0 Å². The van der Waals surface area contributed by atoms with Crippen molar-refractivity contribution in [3.63, 3.8) is 0 Å². The second-order valence-electron chi connectivity index (χ2n) is 20.7. The van der Waals surface area contributed by atoms with Crippen molar-refractivity contribution in [1.29, 1.82) is 0 Å². The number of ether oxygens (including phenoxy) is 9. The summed E-state index contributed by atoms with van der Waals surface area (Å²) in [5, 5.41) is 28.7. The van der Waals surface area contributed by atoms with Gasteiger partial charge in [-0.25, -0.2) is 4.79 Å². The molecule has 0 bridgehead atoms. The Morgan fingerprint density at radius 2 is 1.69 bits per heavy atom. The number of aliphatic hydroxyl groups is 2. The lowest BCUT2D eigenvalue weighted by molar-refractivity contribution is -0.344. The minimum absolute atomic E-state index is 0.0299. The summed E-state index contributed by atoms with van der Waals surface area (Å²) in [5.41, 5.74) is -0.462. The molecule has 3 aliphatic rings. The number of esters is 3. The van der Waals surface area contributed by atoms with Gasteiger partial charge in [-0.05, 0) is 91.9 Å². The van der Waals surface area contributed by atoms with E-state index in [1.165, 1.54) is 7.11 Å². The number of nitrogens with zero attached hydrogens (tertiary/aromatic N) is 3. The van der Waals surface area contributed by atoms with E-state index in [1.54, 1.807) is 72.9 Å². The van der Waals surface area contributed by atoms with E-state index in [0.717, 1.165) is 22.6 Å². The van der Waals surface area contributed by atoms with Crippen LogP contribution in [0.1, 0.15) is 112 Å². The molecule has 1 aromatic carbocycles. The number of pyridine rings is 1. The molecule has 1 amide bonds. The molecule has 16 atom stereocenters. The highest BCUT2D eigenvalue weighted by atomic mass is 16.7. The Labute approximate surface area is 442 Å². The molecule has 0 saturated carbocycles. The number of alkyl carbamates (subject to hydrolysis) is 1. The number of nitrogens with one attached hydrogen (secondary N) is 1. The van der Waals surface area contributed by atoms with Gasteiger partial charge in [0.15, 0.2) is 24.3 Å². The summed E-state index contributed by atoms with van der Waals surface area (Å²) in [6.07, 6.45) is -3.82. The lowest BCUT2D eigenvalue weighted by Gasteiger charge is -2.50. The topological polar surface area (TPSA) is 240 Å². The van der Waals surface area contributed by atoms with Crippen LogP contribution in [0, 0.1) is 11.8 Å². The molecule has 0 spiro atoms. The average Bonchev–Trinajstić information content (AvgIpc) is 3.35. The van der Waals surface area contributed by atoms with Gasteiger partial charge in [0.05, 0.1) is 36.9 Å². The average molecular weight is 1060 g/mol. The first kappa shape index (κ1) is 61.2. The Balaban J connectivity index is 1.46. The van der Waals surface area contributed by atoms with Gasteiger partial charge in [0, 0.05) is 75.6 Å². The van der Waals surface area contributed by atoms with Crippen molar-refractivity contribution in [2.24, 2.45) is 11.8 Å². The van der Waals surface area contributed by atoms with Gasteiger partial charge in [0.1, 0.15) is 36.8 Å². The van der Waals surface area contributed by atoms with Crippen LogP contribution in [0.15, 0.2) is 42.7 Å². The number of amides is 1. The van der Waals surface area contributed by atoms with Crippen molar-refractivity contribution in [1.82, 2.24) is 20.1 Å². The van der Waals surface area contributed by atoms with Gasteiger partial charge in [0.2, 0.25) is 0 Å². The Bertz CT molecular complexity index is 2180. The highest BCUT2D eigenvalue weighted by molar-refractivity contribution is 5.89. The van der Waals surface area contributed by atoms with Crippen molar-refractivity contribution in [2.45, 2.75) is 192 Å². The van der Waals surface area contributed by atoms with Crippen LogP contribution >= 0.6 is 0 Å². The standard InChI is InChI=1S/C55H84N4O16/c1-12-43(62)71-42-28-45(64)70-39(21-17-20-38-31-56-30-37-19-15-16-23-40(37)38)22-18-25-59(10)32-41(61)33(4)27-36(24-26-60)50(51(42)67-11)73-53-48(65)47(58(8)9)49(34(5)69-53)72-46-29-55(7,75-44(63)13-2)52(35(6)68-46)74-54(66)57-14-3/h15-17,19-20,23,26,30-31,33-36,39,41-42,46-53,61,65H,12-14,18,21-22,24-25,27-29,32H2,1-11H3,(H,57,66)/b20-17+/t33-,34-,35+,36+,39+,41+,42-,46+,47-,48-,49-,50+,51+,52+,53+,55-/m1/s1. The van der Waals surface area contributed by atoms with E-state index in [9.17, 15) is 34.2 Å². The number of hydrogen-bond donors (Lipinski definition) is 3. The Morgan fingerprint density at radius 1 is 0.960 bits per heavy atom. The number of benzene rings is 1. The van der Waals surface area contributed by atoms with Crippen LogP contribution in [0.4, 0.5) is 4.79 Å². The molecule has 75 heavy (non-hydrogen) atoms. The van der Waals surface area contributed by atoms with Gasteiger partial charge in [-0.15, -0.1) is 0 Å². The quantitative estimate of drug-likeness (QED) is 0.103. The van der Waals surface area contributed by atoms with Crippen LogP contribution in [0.3, 0.4) is 0 Å². The largest absolute Gasteiger partial charge is 0.462 e. The number of hydrogen-bond acceptors (Lipinski definition) is 19. The number of rotatable bonds is 17. The fourth-order valence-electron chi connectivity index (χ4n) is 10.5. The van der Waals surface area contributed by atoms with Gasteiger partial charge in [-0.2, -0.15) is 0 Å². The fourth-order valence-corrected chi connectivity index (χ4v) is 10.5. The molecule has 20 nitrogen and oxygen atoms in total. The molecule has 1 aromatic heterocycles. The minimum atomic E-state index is -1.45. The van der Waals surface area contributed by atoms with Crippen LogP contribution in [0.5, 0.6) is 0 Å². The second kappa shape index (κ2) is 29.2. The fraction of sp³-hybridized carbons (Fsp3) is 0.709. The maximum atomic E-state index is 14.2. The molecule has 20 heteroatoms.